The molecule has 0 aliphatic heterocycles. The fourth-order valence-electron chi connectivity index (χ4n) is 2.24. The zero-order valence-corrected chi connectivity index (χ0v) is 15.0. The van der Waals surface area contributed by atoms with Crippen LogP contribution in [0.5, 0.6) is 0 Å². The van der Waals surface area contributed by atoms with Gasteiger partial charge in [-0.3, -0.25) is 4.98 Å². The largest absolute Gasteiger partial charge is 0.338 e. The van der Waals surface area contributed by atoms with Gasteiger partial charge in [0.1, 0.15) is 5.01 Å². The van der Waals surface area contributed by atoms with Crippen LogP contribution in [0.4, 0.5) is 4.79 Å². The van der Waals surface area contributed by atoms with Crippen LogP contribution < -0.4 is 10.6 Å². The Morgan fingerprint density at radius 3 is 2.92 bits per heavy atom. The van der Waals surface area contributed by atoms with Crippen molar-refractivity contribution >= 4 is 29.0 Å². The number of nitrogens with one attached hydrogen (secondary N) is 2. The highest BCUT2D eigenvalue weighted by Gasteiger charge is 2.06. The maximum Gasteiger partial charge on any atom is 0.315 e. The second kappa shape index (κ2) is 8.60. The summed E-state index contributed by atoms with van der Waals surface area (Å²) in [6, 6.07) is 11.1. The van der Waals surface area contributed by atoms with Gasteiger partial charge in [-0.25, -0.2) is 9.78 Å². The molecule has 0 saturated carbocycles. The van der Waals surface area contributed by atoms with E-state index in [0.29, 0.717) is 24.5 Å². The van der Waals surface area contributed by atoms with Gasteiger partial charge in [-0.15, -0.1) is 11.3 Å². The topological polar surface area (TPSA) is 66.9 Å². The molecule has 7 heteroatoms. The summed E-state index contributed by atoms with van der Waals surface area (Å²) in [6.45, 7) is 0.964. The van der Waals surface area contributed by atoms with E-state index >= 15 is 0 Å². The van der Waals surface area contributed by atoms with E-state index in [1.807, 2.05) is 35.7 Å². The van der Waals surface area contributed by atoms with Crippen molar-refractivity contribution in [2.45, 2.75) is 13.0 Å². The minimum Gasteiger partial charge on any atom is -0.338 e. The highest BCUT2D eigenvalue weighted by Crippen LogP contribution is 2.22. The van der Waals surface area contributed by atoms with Crippen molar-refractivity contribution in [3.05, 3.63) is 70.5 Å². The Bertz CT molecular complexity index is 838. The van der Waals surface area contributed by atoms with Crippen molar-refractivity contribution in [3.63, 3.8) is 0 Å². The zero-order chi connectivity index (χ0) is 17.5. The Balaban J connectivity index is 1.42. The van der Waals surface area contributed by atoms with Gasteiger partial charge in [0.25, 0.3) is 0 Å². The lowest BCUT2D eigenvalue weighted by Crippen LogP contribution is -2.36. The molecule has 0 aliphatic rings. The number of rotatable bonds is 6. The van der Waals surface area contributed by atoms with E-state index in [1.165, 1.54) is 0 Å². The number of hydrogen-bond donors (Lipinski definition) is 2. The quantitative estimate of drug-likeness (QED) is 0.689. The summed E-state index contributed by atoms with van der Waals surface area (Å²) in [5, 5.41) is 9.25. The van der Waals surface area contributed by atoms with Crippen LogP contribution in [0.25, 0.3) is 10.6 Å². The minimum absolute atomic E-state index is 0.206. The standard InChI is InChI=1S/C18H17ClN4OS/c19-15-5-1-3-13(9-15)10-22-18(24)21-8-6-16-12-25-17(23-16)14-4-2-7-20-11-14/h1-5,7,9,11-12H,6,8,10H2,(H2,21,22,24). The zero-order valence-electron chi connectivity index (χ0n) is 13.4. The van der Waals surface area contributed by atoms with E-state index in [2.05, 4.69) is 20.6 Å². The number of amides is 2. The molecule has 0 unspecified atom stereocenters. The normalized spacial score (nSPS) is 10.4. The highest BCUT2D eigenvalue weighted by molar-refractivity contribution is 7.13. The van der Waals surface area contributed by atoms with E-state index in [1.54, 1.807) is 29.8 Å². The maximum absolute atomic E-state index is 11.8. The Morgan fingerprint density at radius 2 is 2.12 bits per heavy atom. The van der Waals surface area contributed by atoms with Crippen LogP contribution in [-0.2, 0) is 13.0 Å². The molecule has 0 aliphatic carbocycles. The predicted molar refractivity (Wildman–Crippen MR) is 101 cm³/mol. The Labute approximate surface area is 155 Å². The van der Waals surface area contributed by atoms with Crippen LogP contribution in [0.2, 0.25) is 5.02 Å². The maximum atomic E-state index is 11.8. The summed E-state index contributed by atoms with van der Waals surface area (Å²) in [5.74, 6) is 0. The minimum atomic E-state index is -0.206. The summed E-state index contributed by atoms with van der Waals surface area (Å²) in [6.07, 6.45) is 4.22. The van der Waals surface area contributed by atoms with E-state index in [4.69, 9.17) is 11.6 Å². The van der Waals surface area contributed by atoms with Crippen molar-refractivity contribution in [2.75, 3.05) is 6.54 Å². The molecule has 0 atom stereocenters. The van der Waals surface area contributed by atoms with Crippen LogP contribution in [0.3, 0.4) is 0 Å². The molecule has 3 aromatic rings. The average molecular weight is 373 g/mol. The number of halogens is 1. The third-order valence-electron chi connectivity index (χ3n) is 3.47. The van der Waals surface area contributed by atoms with Gasteiger partial charge in [0.15, 0.2) is 0 Å². The molecule has 1 aromatic carbocycles. The first kappa shape index (κ1) is 17.4. The van der Waals surface area contributed by atoms with Gasteiger partial charge in [-0.1, -0.05) is 23.7 Å². The van der Waals surface area contributed by atoms with E-state index in [0.717, 1.165) is 21.8 Å². The predicted octanol–water partition coefficient (Wildman–Crippen LogP) is 3.90. The van der Waals surface area contributed by atoms with Crippen molar-refractivity contribution < 1.29 is 4.79 Å². The molecular formula is C18H17ClN4OS. The van der Waals surface area contributed by atoms with Crippen LogP contribution in [0, 0.1) is 0 Å². The Kier molecular flexibility index (Phi) is 5.98. The second-order valence-electron chi connectivity index (χ2n) is 5.38. The number of pyridine rings is 1. The van der Waals surface area contributed by atoms with Crippen LogP contribution in [0.1, 0.15) is 11.3 Å². The summed E-state index contributed by atoms with van der Waals surface area (Å²) >= 11 is 7.50. The van der Waals surface area contributed by atoms with Gasteiger partial charge in [0.2, 0.25) is 0 Å². The van der Waals surface area contributed by atoms with Crippen LogP contribution >= 0.6 is 22.9 Å². The summed E-state index contributed by atoms with van der Waals surface area (Å²) in [4.78, 5) is 20.5. The van der Waals surface area contributed by atoms with Crippen molar-refractivity contribution in [3.8, 4) is 10.6 Å². The summed E-state index contributed by atoms with van der Waals surface area (Å²) in [5.41, 5.74) is 2.92. The molecule has 0 bridgehead atoms. The third-order valence-corrected chi connectivity index (χ3v) is 4.64. The Hall–Kier alpha value is -2.44. The SMILES string of the molecule is O=C(NCCc1csc(-c2cccnc2)n1)NCc1cccc(Cl)c1. The van der Waals surface area contributed by atoms with E-state index in [9.17, 15) is 4.79 Å². The lowest BCUT2D eigenvalue weighted by molar-refractivity contribution is 0.240. The van der Waals surface area contributed by atoms with Gasteiger partial charge in [0.05, 0.1) is 5.69 Å². The molecule has 25 heavy (non-hydrogen) atoms. The molecule has 0 saturated heterocycles. The Morgan fingerprint density at radius 1 is 1.20 bits per heavy atom. The summed E-state index contributed by atoms with van der Waals surface area (Å²) < 4.78 is 0. The highest BCUT2D eigenvalue weighted by atomic mass is 35.5. The van der Waals surface area contributed by atoms with Gasteiger partial charge < -0.3 is 10.6 Å². The first-order valence-electron chi connectivity index (χ1n) is 7.81. The molecule has 5 nitrogen and oxygen atoms in total. The first-order chi connectivity index (χ1) is 12.2. The molecule has 3 rings (SSSR count). The van der Waals surface area contributed by atoms with Gasteiger partial charge in [-0.05, 0) is 29.8 Å². The average Bonchev–Trinajstić information content (AvgIpc) is 3.10. The van der Waals surface area contributed by atoms with E-state index < -0.39 is 0 Å². The van der Waals surface area contributed by atoms with Crippen molar-refractivity contribution in [1.29, 1.82) is 0 Å². The fourth-order valence-corrected chi connectivity index (χ4v) is 3.30. The molecule has 0 radical (unpaired) electrons. The van der Waals surface area contributed by atoms with Crippen LogP contribution in [-0.4, -0.2) is 22.5 Å². The molecule has 2 aromatic heterocycles. The molecule has 2 amide bonds. The lowest BCUT2D eigenvalue weighted by Gasteiger charge is -2.07. The first-order valence-corrected chi connectivity index (χ1v) is 9.07. The van der Waals surface area contributed by atoms with Crippen molar-refractivity contribution in [2.24, 2.45) is 0 Å². The van der Waals surface area contributed by atoms with Crippen molar-refractivity contribution in [1.82, 2.24) is 20.6 Å². The van der Waals surface area contributed by atoms with Gasteiger partial charge >= 0.3 is 6.03 Å². The van der Waals surface area contributed by atoms with Crippen LogP contribution in [0.15, 0.2) is 54.2 Å². The number of nitrogens with zero attached hydrogens (tertiary/aromatic N) is 2. The monoisotopic (exact) mass is 372 g/mol. The van der Waals surface area contributed by atoms with Gasteiger partial charge in [-0.2, -0.15) is 0 Å². The number of hydrogen-bond acceptors (Lipinski definition) is 4. The number of benzene rings is 1. The third kappa shape index (κ3) is 5.27. The number of thiazole rings is 1. The van der Waals surface area contributed by atoms with E-state index in [-0.39, 0.29) is 6.03 Å². The molecule has 2 N–H and O–H groups in total. The smallest absolute Gasteiger partial charge is 0.315 e. The second-order valence-corrected chi connectivity index (χ2v) is 6.67. The fraction of sp³-hybridized carbons (Fsp3) is 0.167. The molecule has 0 spiro atoms. The molecular weight excluding hydrogens is 356 g/mol. The summed E-state index contributed by atoms with van der Waals surface area (Å²) in [7, 11) is 0. The lowest BCUT2D eigenvalue weighted by atomic mass is 10.2. The number of carbonyl (C=O) groups excluding carboxylic acids is 1. The molecule has 128 valence electrons. The number of carbonyl (C=O) groups is 1. The van der Waals surface area contributed by atoms with Gasteiger partial charge in [0, 0.05) is 47.9 Å². The molecule has 0 fully saturated rings. The number of aromatic nitrogens is 2. The number of urea groups is 1. The molecule has 2 heterocycles.